The van der Waals surface area contributed by atoms with E-state index in [4.69, 9.17) is 10.8 Å². The van der Waals surface area contributed by atoms with Crippen molar-refractivity contribution in [3.8, 4) is 0 Å². The largest absolute Gasteiger partial charge is 0.481 e. The van der Waals surface area contributed by atoms with Crippen LogP contribution in [0.1, 0.15) is 37.5 Å². The molecule has 0 radical (unpaired) electrons. The number of benzene rings is 1. The molecule has 0 aliphatic carbocycles. The van der Waals surface area contributed by atoms with Crippen molar-refractivity contribution in [3.63, 3.8) is 0 Å². The summed E-state index contributed by atoms with van der Waals surface area (Å²) in [7, 11) is 0. The van der Waals surface area contributed by atoms with Gasteiger partial charge in [0.25, 0.3) is 0 Å². The maximum atomic E-state index is 10.8. The van der Waals surface area contributed by atoms with Crippen molar-refractivity contribution in [2.45, 2.75) is 39.2 Å². The topological polar surface area (TPSA) is 63.3 Å². The second kappa shape index (κ2) is 4.66. The van der Waals surface area contributed by atoms with Gasteiger partial charge >= 0.3 is 5.97 Å². The van der Waals surface area contributed by atoms with Gasteiger partial charge in [-0.3, -0.25) is 4.79 Å². The molecule has 0 unspecified atom stereocenters. The molecule has 0 spiro atoms. The van der Waals surface area contributed by atoms with Crippen molar-refractivity contribution >= 4 is 5.97 Å². The van der Waals surface area contributed by atoms with Gasteiger partial charge in [-0.1, -0.05) is 39.0 Å². The van der Waals surface area contributed by atoms with E-state index in [1.807, 2.05) is 18.2 Å². The van der Waals surface area contributed by atoms with Crippen molar-refractivity contribution < 1.29 is 9.90 Å². The summed E-state index contributed by atoms with van der Waals surface area (Å²) in [5.74, 6) is -0.800. The fourth-order valence-corrected chi connectivity index (χ4v) is 1.77. The summed E-state index contributed by atoms with van der Waals surface area (Å²) < 4.78 is 0. The highest BCUT2D eigenvalue weighted by Crippen LogP contribution is 2.27. The molecule has 0 bridgehead atoms. The Hall–Kier alpha value is -1.35. The summed E-state index contributed by atoms with van der Waals surface area (Å²) in [6.45, 7) is 6.71. The van der Waals surface area contributed by atoms with E-state index in [1.54, 1.807) is 0 Å². The first kappa shape index (κ1) is 12.7. The predicted molar refractivity (Wildman–Crippen MR) is 64.4 cm³/mol. The van der Waals surface area contributed by atoms with Crippen LogP contribution in [0, 0.1) is 0 Å². The third kappa shape index (κ3) is 3.07. The molecule has 0 fully saturated rings. The maximum absolute atomic E-state index is 10.8. The van der Waals surface area contributed by atoms with E-state index in [9.17, 15) is 4.79 Å². The summed E-state index contributed by atoms with van der Waals surface area (Å²) in [4.78, 5) is 10.8. The van der Waals surface area contributed by atoms with E-state index in [2.05, 4.69) is 20.8 Å². The van der Waals surface area contributed by atoms with Crippen LogP contribution in [0.25, 0.3) is 0 Å². The van der Waals surface area contributed by atoms with E-state index in [1.165, 1.54) is 0 Å². The summed E-state index contributed by atoms with van der Waals surface area (Å²) in [5.41, 5.74) is 8.52. The molecule has 0 heterocycles. The summed E-state index contributed by atoms with van der Waals surface area (Å²) in [5, 5.41) is 8.86. The molecule has 88 valence electrons. The fourth-order valence-electron chi connectivity index (χ4n) is 1.77. The van der Waals surface area contributed by atoms with Crippen molar-refractivity contribution in [1.29, 1.82) is 0 Å². The van der Waals surface area contributed by atoms with Crippen LogP contribution >= 0.6 is 0 Å². The first-order chi connectivity index (χ1) is 7.34. The quantitative estimate of drug-likeness (QED) is 0.821. The van der Waals surface area contributed by atoms with Crippen LogP contribution in [0.4, 0.5) is 0 Å². The molecule has 1 aromatic rings. The Kier molecular flexibility index (Phi) is 3.70. The number of hydrogen-bond donors (Lipinski definition) is 2. The number of carboxylic acid groups (broad SMARTS) is 1. The number of aliphatic carboxylic acids is 1. The molecule has 0 aromatic heterocycles. The summed E-state index contributed by atoms with van der Waals surface area (Å²) in [6, 6.07) is 5.78. The van der Waals surface area contributed by atoms with Crippen LogP contribution in [0.3, 0.4) is 0 Å². The highest BCUT2D eigenvalue weighted by Gasteiger charge is 2.19. The molecule has 1 rings (SSSR count). The Labute approximate surface area is 96.3 Å². The third-order valence-corrected chi connectivity index (χ3v) is 2.56. The molecule has 3 nitrogen and oxygen atoms in total. The van der Waals surface area contributed by atoms with E-state index in [-0.39, 0.29) is 11.8 Å². The van der Waals surface area contributed by atoms with Crippen molar-refractivity contribution in [3.05, 3.63) is 34.9 Å². The third-order valence-electron chi connectivity index (χ3n) is 2.56. The van der Waals surface area contributed by atoms with Gasteiger partial charge in [0.15, 0.2) is 0 Å². The molecule has 0 atom stereocenters. The maximum Gasteiger partial charge on any atom is 0.307 e. The Balaban J connectivity index is 3.22. The SMILES string of the molecule is CC(C)(C)c1cc(CN)ccc1CC(=O)O. The number of carboxylic acids is 1. The first-order valence-corrected chi connectivity index (χ1v) is 5.38. The number of hydrogen-bond acceptors (Lipinski definition) is 2. The highest BCUT2D eigenvalue weighted by atomic mass is 16.4. The van der Waals surface area contributed by atoms with Gasteiger partial charge in [-0.15, -0.1) is 0 Å². The predicted octanol–water partition coefficient (Wildman–Crippen LogP) is 2.07. The van der Waals surface area contributed by atoms with Crippen LogP contribution in [-0.4, -0.2) is 11.1 Å². The Morgan fingerprint density at radius 3 is 2.44 bits per heavy atom. The van der Waals surface area contributed by atoms with Gasteiger partial charge in [-0.2, -0.15) is 0 Å². The number of carbonyl (C=O) groups is 1. The van der Waals surface area contributed by atoms with Gasteiger partial charge in [-0.25, -0.2) is 0 Å². The van der Waals surface area contributed by atoms with Gasteiger partial charge in [0.2, 0.25) is 0 Å². The van der Waals surface area contributed by atoms with Gasteiger partial charge in [-0.05, 0) is 22.1 Å². The molecule has 3 N–H and O–H groups in total. The van der Waals surface area contributed by atoms with Crippen molar-refractivity contribution in [1.82, 2.24) is 0 Å². The van der Waals surface area contributed by atoms with Gasteiger partial charge in [0, 0.05) is 6.54 Å². The monoisotopic (exact) mass is 221 g/mol. The molecular formula is C13H19NO2. The smallest absolute Gasteiger partial charge is 0.307 e. The van der Waals surface area contributed by atoms with Crippen LogP contribution in [-0.2, 0) is 23.2 Å². The lowest BCUT2D eigenvalue weighted by molar-refractivity contribution is -0.136. The van der Waals surface area contributed by atoms with E-state index >= 15 is 0 Å². The lowest BCUT2D eigenvalue weighted by atomic mass is 9.82. The Bertz CT molecular complexity index is 391. The molecule has 3 heteroatoms. The number of rotatable bonds is 3. The second-order valence-corrected chi connectivity index (χ2v) is 5.02. The van der Waals surface area contributed by atoms with Crippen molar-refractivity contribution in [2.75, 3.05) is 0 Å². The summed E-state index contributed by atoms with van der Waals surface area (Å²) in [6.07, 6.45) is 0.0669. The molecule has 0 aliphatic heterocycles. The molecule has 0 amide bonds. The number of nitrogens with two attached hydrogens (primary N) is 1. The van der Waals surface area contributed by atoms with Gasteiger partial charge in [0.1, 0.15) is 0 Å². The van der Waals surface area contributed by atoms with Gasteiger partial charge in [0.05, 0.1) is 6.42 Å². The average Bonchev–Trinajstić information content (AvgIpc) is 2.15. The zero-order valence-corrected chi connectivity index (χ0v) is 10.1. The normalized spacial score (nSPS) is 11.5. The highest BCUT2D eigenvalue weighted by molar-refractivity contribution is 5.71. The molecular weight excluding hydrogens is 202 g/mol. The molecule has 1 aromatic carbocycles. The van der Waals surface area contributed by atoms with Crippen LogP contribution in [0.2, 0.25) is 0 Å². The minimum atomic E-state index is -0.800. The average molecular weight is 221 g/mol. The lowest BCUT2D eigenvalue weighted by Gasteiger charge is -2.23. The second-order valence-electron chi connectivity index (χ2n) is 5.02. The zero-order valence-electron chi connectivity index (χ0n) is 10.1. The Morgan fingerprint density at radius 2 is 2.00 bits per heavy atom. The van der Waals surface area contributed by atoms with E-state index < -0.39 is 5.97 Å². The molecule has 0 saturated heterocycles. The van der Waals surface area contributed by atoms with Crippen LogP contribution < -0.4 is 5.73 Å². The minimum absolute atomic E-state index is 0.0596. The first-order valence-electron chi connectivity index (χ1n) is 5.38. The minimum Gasteiger partial charge on any atom is -0.481 e. The zero-order chi connectivity index (χ0) is 12.3. The van der Waals surface area contributed by atoms with E-state index in [0.29, 0.717) is 6.54 Å². The van der Waals surface area contributed by atoms with Crippen LogP contribution in [0.15, 0.2) is 18.2 Å². The molecule has 0 saturated carbocycles. The molecule has 16 heavy (non-hydrogen) atoms. The summed E-state index contributed by atoms with van der Waals surface area (Å²) >= 11 is 0. The van der Waals surface area contributed by atoms with Crippen molar-refractivity contribution in [2.24, 2.45) is 5.73 Å². The fraction of sp³-hybridized carbons (Fsp3) is 0.462. The Morgan fingerprint density at radius 1 is 1.38 bits per heavy atom. The standard InChI is InChI=1S/C13H19NO2/c1-13(2,3)11-6-9(8-14)4-5-10(11)7-12(15)16/h4-6H,7-8,14H2,1-3H3,(H,15,16). The van der Waals surface area contributed by atoms with Gasteiger partial charge < -0.3 is 10.8 Å². The van der Waals surface area contributed by atoms with E-state index in [0.717, 1.165) is 16.7 Å². The van der Waals surface area contributed by atoms with Crippen LogP contribution in [0.5, 0.6) is 0 Å². The molecule has 0 aliphatic rings. The lowest BCUT2D eigenvalue weighted by Crippen LogP contribution is -2.17.